The maximum atomic E-state index is 9.49. The minimum absolute atomic E-state index is 0.321. The molecular weight excluding hydrogens is 332 g/mol. The molecule has 1 unspecified atom stereocenters. The van der Waals surface area contributed by atoms with Crippen molar-refractivity contribution in [1.29, 1.82) is 0 Å². The van der Waals surface area contributed by atoms with E-state index in [1.807, 2.05) is 12.1 Å². The summed E-state index contributed by atoms with van der Waals surface area (Å²) in [4.78, 5) is 7.50. The second kappa shape index (κ2) is 7.93. The number of aromatic hydroxyl groups is 1. The molecule has 0 amide bonds. The number of nitrogens with zero attached hydrogens (tertiary/aromatic N) is 2. The molecule has 3 heteroatoms. The summed E-state index contributed by atoms with van der Waals surface area (Å²) in [5.41, 5.74) is 6.13. The van der Waals surface area contributed by atoms with Gasteiger partial charge in [-0.2, -0.15) is 0 Å². The molecule has 2 heterocycles. The molecule has 1 aromatic heterocycles. The molecule has 1 N–H and O–H groups in total. The van der Waals surface area contributed by atoms with E-state index in [2.05, 4.69) is 54.3 Å². The van der Waals surface area contributed by atoms with Crippen LogP contribution in [0, 0.1) is 6.92 Å². The Kier molecular flexibility index (Phi) is 5.21. The molecule has 1 aliphatic heterocycles. The lowest BCUT2D eigenvalue weighted by molar-refractivity contribution is 0.244. The lowest BCUT2D eigenvalue weighted by atomic mass is 10.1. The van der Waals surface area contributed by atoms with E-state index in [9.17, 15) is 5.11 Å². The molecule has 27 heavy (non-hydrogen) atoms. The van der Waals surface area contributed by atoms with E-state index in [0.717, 1.165) is 31.6 Å². The zero-order chi connectivity index (χ0) is 18.6. The van der Waals surface area contributed by atoms with Crippen molar-refractivity contribution in [2.24, 2.45) is 0 Å². The molecule has 1 atom stereocenters. The normalized spacial score (nSPS) is 17.3. The third kappa shape index (κ3) is 4.37. The molecule has 0 aliphatic carbocycles. The van der Waals surface area contributed by atoms with Crippen molar-refractivity contribution in [3.8, 4) is 5.75 Å². The molecule has 1 fully saturated rings. The van der Waals surface area contributed by atoms with Gasteiger partial charge in [-0.15, -0.1) is 0 Å². The zero-order valence-corrected chi connectivity index (χ0v) is 15.8. The van der Waals surface area contributed by atoms with Gasteiger partial charge in [-0.1, -0.05) is 48.0 Å². The molecule has 1 saturated heterocycles. The minimum Gasteiger partial charge on any atom is -0.508 e. The number of phenolic OH excluding ortho intramolecular Hbond substituents is 1. The van der Waals surface area contributed by atoms with Crippen molar-refractivity contribution in [2.45, 2.75) is 38.8 Å². The first-order chi connectivity index (χ1) is 13.2. The first-order valence-electron chi connectivity index (χ1n) is 9.71. The lowest BCUT2D eigenvalue weighted by Gasteiger charge is -2.24. The van der Waals surface area contributed by atoms with E-state index in [0.29, 0.717) is 11.8 Å². The van der Waals surface area contributed by atoms with Gasteiger partial charge in [0.05, 0.1) is 11.7 Å². The Morgan fingerprint density at radius 1 is 0.963 bits per heavy atom. The second-order valence-electron chi connectivity index (χ2n) is 7.51. The van der Waals surface area contributed by atoms with Crippen molar-refractivity contribution in [3.63, 3.8) is 0 Å². The van der Waals surface area contributed by atoms with Crippen LogP contribution in [0.5, 0.6) is 5.75 Å². The Hall–Kier alpha value is -2.65. The number of rotatable bonds is 5. The number of aryl methyl sites for hydroxylation is 1. The summed E-state index contributed by atoms with van der Waals surface area (Å²) in [5.74, 6) is 0.321. The number of benzene rings is 2. The smallest absolute Gasteiger partial charge is 0.115 e. The van der Waals surface area contributed by atoms with E-state index in [1.54, 1.807) is 12.1 Å². The van der Waals surface area contributed by atoms with Gasteiger partial charge in [-0.25, -0.2) is 0 Å². The van der Waals surface area contributed by atoms with Crippen molar-refractivity contribution < 1.29 is 5.11 Å². The molecule has 0 radical (unpaired) electrons. The standard InChI is InChI=1S/C24H26N2O/c1-18-7-9-19(10-8-18)16-21-4-2-5-23(25-21)24-6-3-15-26(24)17-20-11-13-22(27)14-12-20/h2,4-5,7-14,24,27H,3,6,15-17H2,1H3. The van der Waals surface area contributed by atoms with Crippen LogP contribution >= 0.6 is 0 Å². The number of phenols is 1. The van der Waals surface area contributed by atoms with Crippen LogP contribution in [0.4, 0.5) is 0 Å². The maximum absolute atomic E-state index is 9.49. The predicted octanol–water partition coefficient (Wildman–Crippen LogP) is 5.02. The van der Waals surface area contributed by atoms with E-state index in [1.165, 1.54) is 28.8 Å². The highest BCUT2D eigenvalue weighted by atomic mass is 16.3. The van der Waals surface area contributed by atoms with Gasteiger partial charge in [0, 0.05) is 18.7 Å². The molecular formula is C24H26N2O. The predicted molar refractivity (Wildman–Crippen MR) is 109 cm³/mol. The summed E-state index contributed by atoms with van der Waals surface area (Å²) >= 11 is 0. The lowest BCUT2D eigenvalue weighted by Crippen LogP contribution is -2.23. The average molecular weight is 358 g/mol. The molecule has 0 saturated carbocycles. The summed E-state index contributed by atoms with van der Waals surface area (Å²) < 4.78 is 0. The molecule has 2 aromatic carbocycles. The second-order valence-corrected chi connectivity index (χ2v) is 7.51. The van der Waals surface area contributed by atoms with E-state index < -0.39 is 0 Å². The summed E-state index contributed by atoms with van der Waals surface area (Å²) in [6.45, 7) is 4.11. The van der Waals surface area contributed by atoms with Gasteiger partial charge in [0.25, 0.3) is 0 Å². The van der Waals surface area contributed by atoms with Crippen molar-refractivity contribution >= 4 is 0 Å². The summed E-state index contributed by atoms with van der Waals surface area (Å²) in [6, 6.07) is 23.1. The number of likely N-dealkylation sites (tertiary alicyclic amines) is 1. The van der Waals surface area contributed by atoms with Gasteiger partial charge in [0.15, 0.2) is 0 Å². The quantitative estimate of drug-likeness (QED) is 0.695. The SMILES string of the molecule is Cc1ccc(Cc2cccc(C3CCCN3Cc3ccc(O)cc3)n2)cc1. The van der Waals surface area contributed by atoms with Crippen LogP contribution in [-0.4, -0.2) is 21.5 Å². The van der Waals surface area contributed by atoms with Crippen LogP contribution < -0.4 is 0 Å². The molecule has 0 bridgehead atoms. The highest BCUT2D eigenvalue weighted by Gasteiger charge is 2.27. The topological polar surface area (TPSA) is 36.4 Å². The summed E-state index contributed by atoms with van der Waals surface area (Å²) in [5, 5.41) is 9.49. The van der Waals surface area contributed by atoms with Crippen LogP contribution in [0.2, 0.25) is 0 Å². The van der Waals surface area contributed by atoms with Crippen molar-refractivity contribution in [2.75, 3.05) is 6.54 Å². The Morgan fingerprint density at radius 3 is 2.48 bits per heavy atom. The molecule has 1 aliphatic rings. The monoisotopic (exact) mass is 358 g/mol. The highest BCUT2D eigenvalue weighted by Crippen LogP contribution is 2.32. The molecule has 3 aromatic rings. The average Bonchev–Trinajstić information content (AvgIpc) is 3.14. The third-order valence-corrected chi connectivity index (χ3v) is 5.36. The first kappa shape index (κ1) is 17.7. The van der Waals surface area contributed by atoms with E-state index >= 15 is 0 Å². The number of hydrogen-bond donors (Lipinski definition) is 1. The summed E-state index contributed by atoms with van der Waals surface area (Å²) in [6.07, 6.45) is 3.23. The van der Waals surface area contributed by atoms with Gasteiger partial charge >= 0.3 is 0 Å². The van der Waals surface area contributed by atoms with Gasteiger partial charge < -0.3 is 5.11 Å². The zero-order valence-electron chi connectivity index (χ0n) is 15.8. The van der Waals surface area contributed by atoms with Gasteiger partial charge in [-0.3, -0.25) is 9.88 Å². The minimum atomic E-state index is 0.321. The molecule has 0 spiro atoms. The largest absolute Gasteiger partial charge is 0.508 e. The fourth-order valence-electron chi connectivity index (χ4n) is 3.88. The fraction of sp³-hybridized carbons (Fsp3) is 0.292. The molecule has 3 nitrogen and oxygen atoms in total. The Labute approximate surface area is 161 Å². The Morgan fingerprint density at radius 2 is 1.70 bits per heavy atom. The fourth-order valence-corrected chi connectivity index (χ4v) is 3.88. The van der Waals surface area contributed by atoms with Crippen molar-refractivity contribution in [1.82, 2.24) is 9.88 Å². The number of hydrogen-bond acceptors (Lipinski definition) is 3. The van der Waals surface area contributed by atoms with Crippen LogP contribution in [0.15, 0.2) is 66.7 Å². The van der Waals surface area contributed by atoms with Gasteiger partial charge in [0.2, 0.25) is 0 Å². The van der Waals surface area contributed by atoms with Crippen LogP contribution in [0.25, 0.3) is 0 Å². The Balaban J connectivity index is 1.49. The van der Waals surface area contributed by atoms with E-state index in [-0.39, 0.29) is 0 Å². The first-order valence-corrected chi connectivity index (χ1v) is 9.71. The molecule has 138 valence electrons. The number of aromatic nitrogens is 1. The maximum Gasteiger partial charge on any atom is 0.115 e. The Bertz CT molecular complexity index is 887. The van der Waals surface area contributed by atoms with E-state index in [4.69, 9.17) is 4.98 Å². The number of pyridine rings is 1. The third-order valence-electron chi connectivity index (χ3n) is 5.36. The molecule has 4 rings (SSSR count). The van der Waals surface area contributed by atoms with Crippen LogP contribution in [-0.2, 0) is 13.0 Å². The van der Waals surface area contributed by atoms with Gasteiger partial charge in [0.1, 0.15) is 5.75 Å². The van der Waals surface area contributed by atoms with Gasteiger partial charge in [-0.05, 0) is 61.7 Å². The van der Waals surface area contributed by atoms with Crippen molar-refractivity contribution in [3.05, 3.63) is 94.8 Å². The highest BCUT2D eigenvalue weighted by molar-refractivity contribution is 5.28. The summed E-state index contributed by atoms with van der Waals surface area (Å²) in [7, 11) is 0. The van der Waals surface area contributed by atoms with Crippen LogP contribution in [0.1, 0.15) is 47.0 Å². The van der Waals surface area contributed by atoms with Crippen LogP contribution in [0.3, 0.4) is 0 Å².